The zero-order valence-electron chi connectivity index (χ0n) is 15.6. The number of fused-ring (bicyclic) bond motifs is 1. The summed E-state index contributed by atoms with van der Waals surface area (Å²) in [5.41, 5.74) is 1.49. The number of nitrogens with one attached hydrogen (secondary N) is 1. The third kappa shape index (κ3) is 3.94. The molecule has 144 valence electrons. The van der Waals surface area contributed by atoms with Gasteiger partial charge in [0.1, 0.15) is 23.9 Å². The SMILES string of the molecule is CCCN(C(=O)c1csc(-c2ccc3c(c2)OCCO3)n1)C1CCNCC1. The average Bonchev–Trinajstić information content (AvgIpc) is 3.22. The molecule has 27 heavy (non-hydrogen) atoms. The van der Waals surface area contributed by atoms with Crippen molar-refractivity contribution in [3.63, 3.8) is 0 Å². The van der Waals surface area contributed by atoms with Gasteiger partial charge in [0.2, 0.25) is 0 Å². The molecule has 6 nitrogen and oxygen atoms in total. The van der Waals surface area contributed by atoms with Gasteiger partial charge in [0.05, 0.1) is 0 Å². The Morgan fingerprint density at radius 3 is 2.81 bits per heavy atom. The molecule has 4 rings (SSSR count). The van der Waals surface area contributed by atoms with Crippen LogP contribution in [0.4, 0.5) is 0 Å². The molecule has 7 heteroatoms. The normalized spacial score (nSPS) is 16.9. The van der Waals surface area contributed by atoms with Gasteiger partial charge in [-0.1, -0.05) is 6.92 Å². The van der Waals surface area contributed by atoms with Crippen LogP contribution in [-0.2, 0) is 0 Å². The highest BCUT2D eigenvalue weighted by Crippen LogP contribution is 2.35. The zero-order valence-corrected chi connectivity index (χ0v) is 16.4. The highest BCUT2D eigenvalue weighted by atomic mass is 32.1. The predicted molar refractivity (Wildman–Crippen MR) is 106 cm³/mol. The third-order valence-electron chi connectivity index (χ3n) is 4.99. The van der Waals surface area contributed by atoms with Crippen molar-refractivity contribution in [2.24, 2.45) is 0 Å². The van der Waals surface area contributed by atoms with Crippen LogP contribution in [0.1, 0.15) is 36.7 Å². The summed E-state index contributed by atoms with van der Waals surface area (Å²) in [6, 6.07) is 6.12. The first-order valence-corrected chi connectivity index (χ1v) is 10.5. The van der Waals surface area contributed by atoms with Crippen LogP contribution in [-0.4, -0.2) is 54.7 Å². The van der Waals surface area contributed by atoms with Crippen molar-refractivity contribution in [3.05, 3.63) is 29.3 Å². The predicted octanol–water partition coefficient (Wildman–Crippen LogP) is 3.19. The molecule has 0 saturated carbocycles. The van der Waals surface area contributed by atoms with E-state index in [1.165, 1.54) is 11.3 Å². The number of amides is 1. The summed E-state index contributed by atoms with van der Waals surface area (Å²) in [5, 5.41) is 6.07. The summed E-state index contributed by atoms with van der Waals surface area (Å²) < 4.78 is 11.2. The van der Waals surface area contributed by atoms with Crippen LogP contribution in [0, 0.1) is 0 Å². The van der Waals surface area contributed by atoms with Crippen LogP contribution >= 0.6 is 11.3 Å². The summed E-state index contributed by atoms with van der Waals surface area (Å²) in [7, 11) is 0. The van der Waals surface area contributed by atoms with Gasteiger partial charge in [-0.3, -0.25) is 4.79 Å². The number of piperidine rings is 1. The number of carbonyl (C=O) groups excluding carboxylic acids is 1. The average molecular weight is 388 g/mol. The molecule has 1 N–H and O–H groups in total. The second-order valence-corrected chi connectivity index (χ2v) is 7.73. The van der Waals surface area contributed by atoms with Gasteiger partial charge in [0, 0.05) is 23.5 Å². The highest BCUT2D eigenvalue weighted by molar-refractivity contribution is 7.13. The van der Waals surface area contributed by atoms with Gasteiger partial charge in [0.25, 0.3) is 5.91 Å². The third-order valence-corrected chi connectivity index (χ3v) is 5.88. The van der Waals surface area contributed by atoms with E-state index in [0.29, 0.717) is 24.9 Å². The molecular weight excluding hydrogens is 362 g/mol. The van der Waals surface area contributed by atoms with Gasteiger partial charge in [-0.05, 0) is 50.6 Å². The van der Waals surface area contributed by atoms with E-state index >= 15 is 0 Å². The molecule has 1 saturated heterocycles. The summed E-state index contributed by atoms with van der Waals surface area (Å²) in [6.07, 6.45) is 2.96. The number of aromatic nitrogens is 1. The van der Waals surface area contributed by atoms with Crippen LogP contribution < -0.4 is 14.8 Å². The first-order valence-electron chi connectivity index (χ1n) is 9.63. The minimum Gasteiger partial charge on any atom is -0.486 e. The lowest BCUT2D eigenvalue weighted by Crippen LogP contribution is -2.46. The molecular formula is C20H25N3O3S. The molecule has 2 aliphatic heterocycles. The van der Waals surface area contributed by atoms with Crippen molar-refractivity contribution in [3.8, 4) is 22.1 Å². The van der Waals surface area contributed by atoms with Crippen molar-refractivity contribution in [1.29, 1.82) is 0 Å². The van der Waals surface area contributed by atoms with Crippen LogP contribution in [0.15, 0.2) is 23.6 Å². The Kier molecular flexibility index (Phi) is 5.59. The summed E-state index contributed by atoms with van der Waals surface area (Å²) >= 11 is 1.50. The largest absolute Gasteiger partial charge is 0.486 e. The van der Waals surface area contributed by atoms with Crippen LogP contribution in [0.2, 0.25) is 0 Å². The minimum absolute atomic E-state index is 0.0452. The molecule has 0 aliphatic carbocycles. The van der Waals surface area contributed by atoms with Crippen LogP contribution in [0.3, 0.4) is 0 Å². The number of hydrogen-bond acceptors (Lipinski definition) is 6. The van der Waals surface area contributed by atoms with Gasteiger partial charge in [-0.2, -0.15) is 0 Å². The molecule has 1 amide bonds. The molecule has 1 fully saturated rings. The lowest BCUT2D eigenvalue weighted by molar-refractivity contribution is 0.0637. The van der Waals surface area contributed by atoms with Gasteiger partial charge >= 0.3 is 0 Å². The maximum atomic E-state index is 13.1. The standard InChI is InChI=1S/C20H25N3O3S/c1-2-9-23(15-5-7-21-8-6-15)20(24)16-13-27-19(22-16)14-3-4-17-18(12-14)26-11-10-25-17/h3-4,12-13,15,21H,2,5-11H2,1H3. The van der Waals surface area contributed by atoms with Crippen molar-refractivity contribution in [2.75, 3.05) is 32.8 Å². The number of ether oxygens (including phenoxy) is 2. The lowest BCUT2D eigenvalue weighted by Gasteiger charge is -2.34. The lowest BCUT2D eigenvalue weighted by atomic mass is 10.0. The maximum Gasteiger partial charge on any atom is 0.273 e. The Morgan fingerprint density at radius 2 is 2.04 bits per heavy atom. The Morgan fingerprint density at radius 1 is 1.26 bits per heavy atom. The molecule has 3 heterocycles. The number of thiazole rings is 1. The molecule has 2 aliphatic rings. The molecule has 0 atom stereocenters. The van der Waals surface area contributed by atoms with Crippen LogP contribution in [0.25, 0.3) is 10.6 Å². The van der Waals surface area contributed by atoms with Gasteiger partial charge in [-0.25, -0.2) is 4.98 Å². The Bertz CT molecular complexity index is 802. The monoisotopic (exact) mass is 387 g/mol. The van der Waals surface area contributed by atoms with Gasteiger partial charge < -0.3 is 19.7 Å². The highest BCUT2D eigenvalue weighted by Gasteiger charge is 2.27. The fourth-order valence-electron chi connectivity index (χ4n) is 3.64. The molecule has 0 bridgehead atoms. The quantitative estimate of drug-likeness (QED) is 0.854. The van der Waals surface area contributed by atoms with Crippen molar-refractivity contribution in [1.82, 2.24) is 15.2 Å². The number of benzene rings is 1. The second-order valence-electron chi connectivity index (χ2n) is 6.88. The maximum absolute atomic E-state index is 13.1. The van der Waals surface area contributed by atoms with E-state index in [1.54, 1.807) is 0 Å². The zero-order chi connectivity index (χ0) is 18.6. The van der Waals surface area contributed by atoms with Crippen molar-refractivity contribution in [2.45, 2.75) is 32.2 Å². The second kappa shape index (κ2) is 8.27. The van der Waals surface area contributed by atoms with E-state index in [9.17, 15) is 4.79 Å². The van der Waals surface area contributed by atoms with Gasteiger partial charge in [-0.15, -0.1) is 11.3 Å². The van der Waals surface area contributed by atoms with Crippen LogP contribution in [0.5, 0.6) is 11.5 Å². The van der Waals surface area contributed by atoms with Crippen molar-refractivity contribution >= 4 is 17.2 Å². The summed E-state index contributed by atoms with van der Waals surface area (Å²) in [4.78, 5) is 19.8. The van der Waals surface area contributed by atoms with E-state index in [0.717, 1.165) is 61.0 Å². The summed E-state index contributed by atoms with van der Waals surface area (Å²) in [5.74, 6) is 1.55. The molecule has 1 aromatic heterocycles. The first kappa shape index (κ1) is 18.3. The Balaban J connectivity index is 1.54. The Labute approximate surface area is 163 Å². The molecule has 0 spiro atoms. The smallest absolute Gasteiger partial charge is 0.273 e. The summed E-state index contributed by atoms with van der Waals surface area (Å²) in [6.45, 7) is 5.96. The van der Waals surface area contributed by atoms with Crippen molar-refractivity contribution < 1.29 is 14.3 Å². The molecule has 0 radical (unpaired) electrons. The van der Waals surface area contributed by atoms with E-state index in [4.69, 9.17) is 9.47 Å². The molecule has 1 aromatic carbocycles. The minimum atomic E-state index is 0.0452. The number of carbonyl (C=O) groups is 1. The number of hydrogen-bond donors (Lipinski definition) is 1. The Hall–Kier alpha value is -2.12. The number of nitrogens with zero attached hydrogens (tertiary/aromatic N) is 2. The van der Waals surface area contributed by atoms with E-state index in [-0.39, 0.29) is 5.91 Å². The van der Waals surface area contributed by atoms with E-state index in [2.05, 4.69) is 17.2 Å². The van der Waals surface area contributed by atoms with E-state index in [1.807, 2.05) is 28.5 Å². The number of rotatable bonds is 5. The van der Waals surface area contributed by atoms with Gasteiger partial charge in [0.15, 0.2) is 11.5 Å². The fraction of sp³-hybridized carbons (Fsp3) is 0.500. The molecule has 0 unspecified atom stereocenters. The van der Waals surface area contributed by atoms with E-state index < -0.39 is 0 Å². The fourth-order valence-corrected chi connectivity index (χ4v) is 4.43. The first-order chi connectivity index (χ1) is 13.3. The molecule has 2 aromatic rings. The topological polar surface area (TPSA) is 63.7 Å².